The van der Waals surface area contributed by atoms with Crippen molar-refractivity contribution in [1.29, 1.82) is 0 Å². The normalized spacial score (nSPS) is 18.8. The molecule has 0 bridgehead atoms. The second kappa shape index (κ2) is 7.28. The van der Waals surface area contributed by atoms with E-state index in [2.05, 4.69) is 34.8 Å². The van der Waals surface area contributed by atoms with Gasteiger partial charge in [-0.25, -0.2) is 4.98 Å². The summed E-state index contributed by atoms with van der Waals surface area (Å²) in [5.74, 6) is -0.213. The lowest BCUT2D eigenvalue weighted by Gasteiger charge is -2.35. The van der Waals surface area contributed by atoms with Gasteiger partial charge in [-0.2, -0.15) is 0 Å². The van der Waals surface area contributed by atoms with Crippen molar-refractivity contribution in [2.24, 2.45) is 0 Å². The summed E-state index contributed by atoms with van der Waals surface area (Å²) in [6, 6.07) is 12.1. The van der Waals surface area contributed by atoms with Crippen LogP contribution in [0.5, 0.6) is 0 Å². The number of rotatable bonds is 4. The first-order chi connectivity index (χ1) is 13.4. The number of esters is 1. The van der Waals surface area contributed by atoms with Gasteiger partial charge in [0.15, 0.2) is 5.65 Å². The van der Waals surface area contributed by atoms with E-state index in [1.54, 1.807) is 0 Å². The molecule has 0 aliphatic carbocycles. The van der Waals surface area contributed by atoms with Gasteiger partial charge in [-0.1, -0.05) is 30.3 Å². The lowest BCUT2D eigenvalue weighted by molar-refractivity contribution is -0.150. The van der Waals surface area contributed by atoms with Gasteiger partial charge in [0.25, 0.3) is 0 Å². The number of hydrogen-bond donors (Lipinski definition) is 1. The van der Waals surface area contributed by atoms with Crippen molar-refractivity contribution in [3.63, 3.8) is 0 Å². The van der Waals surface area contributed by atoms with E-state index in [9.17, 15) is 4.79 Å². The van der Waals surface area contributed by atoms with Gasteiger partial charge in [0.05, 0.1) is 24.0 Å². The molecule has 6 heteroatoms. The SMILES string of the molecule is Cc1nc2c3c(ccn2c1C)CC(OC(=O)CN(C)C)C(c1ccccc1)N3. The summed E-state index contributed by atoms with van der Waals surface area (Å²) in [7, 11) is 3.73. The van der Waals surface area contributed by atoms with Crippen LogP contribution in [0.15, 0.2) is 42.6 Å². The summed E-state index contributed by atoms with van der Waals surface area (Å²) in [4.78, 5) is 19.0. The summed E-state index contributed by atoms with van der Waals surface area (Å²) in [6.07, 6.45) is 2.43. The van der Waals surface area contributed by atoms with Gasteiger partial charge < -0.3 is 14.5 Å². The number of nitrogens with zero attached hydrogens (tertiary/aromatic N) is 3. The summed E-state index contributed by atoms with van der Waals surface area (Å²) >= 11 is 0. The molecular weight excluding hydrogens is 352 g/mol. The molecule has 0 amide bonds. The molecule has 0 spiro atoms. The van der Waals surface area contributed by atoms with Gasteiger partial charge in [0.2, 0.25) is 0 Å². The van der Waals surface area contributed by atoms with Crippen LogP contribution in [0, 0.1) is 13.8 Å². The number of aromatic nitrogens is 2. The third-order valence-electron chi connectivity index (χ3n) is 5.34. The zero-order valence-electron chi connectivity index (χ0n) is 16.8. The van der Waals surface area contributed by atoms with Crippen molar-refractivity contribution < 1.29 is 9.53 Å². The molecule has 1 aliphatic heterocycles. The number of likely N-dealkylation sites (N-methyl/N-ethyl adjacent to an activating group) is 1. The predicted molar refractivity (Wildman–Crippen MR) is 110 cm³/mol. The molecule has 2 unspecified atom stereocenters. The van der Waals surface area contributed by atoms with Crippen molar-refractivity contribution >= 4 is 17.3 Å². The quantitative estimate of drug-likeness (QED) is 0.707. The standard InChI is InChI=1S/C22H26N4O2/c1-14-15(2)26-11-10-17-12-18(28-19(27)13-25(3)4)20(16-8-6-5-7-9-16)24-21(17)22(26)23-14/h5-11,18,20,24H,12-13H2,1-4H3. The molecule has 6 nitrogen and oxygen atoms in total. The molecule has 0 saturated heterocycles. The smallest absolute Gasteiger partial charge is 0.320 e. The number of imidazole rings is 1. The highest BCUT2D eigenvalue weighted by Gasteiger charge is 2.34. The molecule has 0 radical (unpaired) electrons. The first-order valence-electron chi connectivity index (χ1n) is 9.57. The number of aryl methyl sites for hydroxylation is 2. The summed E-state index contributed by atoms with van der Waals surface area (Å²) < 4.78 is 8.01. The molecule has 3 heterocycles. The first-order valence-corrected chi connectivity index (χ1v) is 9.57. The number of nitrogens with one attached hydrogen (secondary N) is 1. The molecule has 28 heavy (non-hydrogen) atoms. The molecule has 2 aromatic heterocycles. The van der Waals surface area contributed by atoms with Crippen molar-refractivity contribution in [2.75, 3.05) is 26.0 Å². The summed E-state index contributed by atoms with van der Waals surface area (Å²) in [5, 5.41) is 3.63. The monoisotopic (exact) mass is 378 g/mol. The van der Waals surface area contributed by atoms with Crippen LogP contribution in [0.4, 0.5) is 5.69 Å². The highest BCUT2D eigenvalue weighted by atomic mass is 16.5. The minimum absolute atomic E-state index is 0.122. The summed E-state index contributed by atoms with van der Waals surface area (Å²) in [6.45, 7) is 4.37. The van der Waals surface area contributed by atoms with Gasteiger partial charge >= 0.3 is 5.97 Å². The topological polar surface area (TPSA) is 58.9 Å². The molecule has 4 rings (SSSR count). The highest BCUT2D eigenvalue weighted by molar-refractivity contribution is 5.76. The van der Waals surface area contributed by atoms with Crippen molar-refractivity contribution in [2.45, 2.75) is 32.4 Å². The maximum absolute atomic E-state index is 12.4. The number of fused-ring (bicyclic) bond motifs is 3. The largest absolute Gasteiger partial charge is 0.458 e. The van der Waals surface area contributed by atoms with Crippen LogP contribution in [0.3, 0.4) is 0 Å². The Balaban J connectivity index is 1.74. The fourth-order valence-corrected chi connectivity index (χ4v) is 3.82. The minimum Gasteiger partial charge on any atom is -0.458 e. The van der Waals surface area contributed by atoms with Crippen LogP contribution in [0.25, 0.3) is 5.65 Å². The number of pyridine rings is 1. The Hall–Kier alpha value is -2.86. The maximum atomic E-state index is 12.4. The third-order valence-corrected chi connectivity index (χ3v) is 5.34. The van der Waals surface area contributed by atoms with E-state index in [-0.39, 0.29) is 24.7 Å². The van der Waals surface area contributed by atoms with Crippen molar-refractivity contribution in [3.8, 4) is 0 Å². The fraction of sp³-hybridized carbons (Fsp3) is 0.364. The highest BCUT2D eigenvalue weighted by Crippen LogP contribution is 2.37. The Labute approximate surface area is 165 Å². The van der Waals surface area contributed by atoms with E-state index in [4.69, 9.17) is 9.72 Å². The molecular formula is C22H26N4O2. The molecule has 1 aromatic carbocycles. The second-order valence-electron chi connectivity index (χ2n) is 7.70. The van der Waals surface area contributed by atoms with E-state index in [1.165, 1.54) is 0 Å². The summed E-state index contributed by atoms with van der Waals surface area (Å²) in [5.41, 5.74) is 6.31. The molecule has 0 fully saturated rings. The fourth-order valence-electron chi connectivity index (χ4n) is 3.82. The van der Waals surface area contributed by atoms with E-state index in [0.29, 0.717) is 6.42 Å². The minimum atomic E-state index is -0.276. The van der Waals surface area contributed by atoms with Crippen LogP contribution in [-0.2, 0) is 16.0 Å². The second-order valence-corrected chi connectivity index (χ2v) is 7.70. The first kappa shape index (κ1) is 18.5. The number of benzene rings is 1. The Bertz CT molecular complexity index is 1010. The van der Waals surface area contributed by atoms with Gasteiger partial charge in [0.1, 0.15) is 6.10 Å². The number of hydrogen-bond acceptors (Lipinski definition) is 5. The van der Waals surface area contributed by atoms with Gasteiger partial charge in [-0.05, 0) is 45.1 Å². The van der Waals surface area contributed by atoms with Crippen LogP contribution in [0.1, 0.15) is 28.6 Å². The zero-order chi connectivity index (χ0) is 19.8. The molecule has 0 saturated carbocycles. The van der Waals surface area contributed by atoms with Crippen molar-refractivity contribution in [3.05, 3.63) is 65.1 Å². The van der Waals surface area contributed by atoms with E-state index in [0.717, 1.165) is 33.8 Å². The van der Waals surface area contributed by atoms with Crippen LogP contribution in [0.2, 0.25) is 0 Å². The van der Waals surface area contributed by atoms with Gasteiger partial charge in [-0.3, -0.25) is 9.69 Å². The van der Waals surface area contributed by atoms with Gasteiger partial charge in [-0.15, -0.1) is 0 Å². The molecule has 146 valence electrons. The van der Waals surface area contributed by atoms with E-state index in [1.807, 2.05) is 50.3 Å². The molecule has 2 atom stereocenters. The molecule has 3 aromatic rings. The van der Waals surface area contributed by atoms with Crippen LogP contribution < -0.4 is 5.32 Å². The maximum Gasteiger partial charge on any atom is 0.320 e. The number of carbonyl (C=O) groups is 1. The van der Waals surface area contributed by atoms with E-state index >= 15 is 0 Å². The molecule has 1 aliphatic rings. The van der Waals surface area contributed by atoms with Gasteiger partial charge in [0, 0.05) is 18.3 Å². The Morgan fingerprint density at radius 3 is 2.71 bits per heavy atom. The Morgan fingerprint density at radius 2 is 2.00 bits per heavy atom. The average Bonchev–Trinajstić information content (AvgIpc) is 2.95. The van der Waals surface area contributed by atoms with Crippen LogP contribution >= 0.6 is 0 Å². The van der Waals surface area contributed by atoms with E-state index < -0.39 is 0 Å². The average molecular weight is 378 g/mol. The zero-order valence-corrected chi connectivity index (χ0v) is 16.8. The lowest BCUT2D eigenvalue weighted by Crippen LogP contribution is -2.38. The Kier molecular flexibility index (Phi) is 4.81. The Morgan fingerprint density at radius 1 is 1.25 bits per heavy atom. The number of anilines is 1. The van der Waals surface area contributed by atoms with Crippen molar-refractivity contribution in [1.82, 2.24) is 14.3 Å². The number of ether oxygens (including phenoxy) is 1. The third kappa shape index (κ3) is 3.36. The predicted octanol–water partition coefficient (Wildman–Crippen LogP) is 3.13. The number of carbonyl (C=O) groups excluding carboxylic acids is 1. The lowest BCUT2D eigenvalue weighted by atomic mass is 9.91. The molecule has 1 N–H and O–H groups in total. The van der Waals surface area contributed by atoms with Crippen LogP contribution in [-0.4, -0.2) is 47.0 Å².